The molecule has 1 aliphatic rings. The minimum Gasteiger partial charge on any atom is -0.442 e. The zero-order chi connectivity index (χ0) is 24.5. The summed E-state index contributed by atoms with van der Waals surface area (Å²) in [6.07, 6.45) is -3.76. The van der Waals surface area contributed by atoms with Crippen molar-refractivity contribution in [3.8, 4) is 11.5 Å². The highest BCUT2D eigenvalue weighted by molar-refractivity contribution is 7.89. The van der Waals surface area contributed by atoms with Crippen LogP contribution in [-0.2, 0) is 27.5 Å². The second-order valence-electron chi connectivity index (χ2n) is 8.15. The molecule has 0 aliphatic carbocycles. The summed E-state index contributed by atoms with van der Waals surface area (Å²) in [5, 5.41) is 9.36. The molecule has 0 radical (unpaired) electrons. The second kappa shape index (κ2) is 9.26. The van der Waals surface area contributed by atoms with Gasteiger partial charge in [-0.15, -0.1) is 0 Å². The van der Waals surface area contributed by atoms with Crippen LogP contribution in [-0.4, -0.2) is 41.9 Å². The Kier molecular flexibility index (Phi) is 6.54. The first-order valence-corrected chi connectivity index (χ1v) is 12.0. The number of hydrogen-bond donors (Lipinski definition) is 2. The number of hydrogen-bond acceptors (Lipinski definition) is 5. The summed E-state index contributed by atoms with van der Waals surface area (Å²) in [7, 11) is -3.86. The number of nitrogens with one attached hydrogen (secondary N) is 2. The third kappa shape index (κ3) is 5.17. The Morgan fingerprint density at radius 2 is 1.85 bits per heavy atom. The molecule has 0 unspecified atom stereocenters. The van der Waals surface area contributed by atoms with Gasteiger partial charge in [-0.05, 0) is 55.7 Å². The maximum absolute atomic E-state index is 12.9. The second-order valence-corrected chi connectivity index (χ2v) is 10.0. The monoisotopic (exact) mass is 496 g/mol. The first-order valence-electron chi connectivity index (χ1n) is 10.6. The van der Waals surface area contributed by atoms with Crippen LogP contribution < -0.4 is 5.32 Å². The van der Waals surface area contributed by atoms with Gasteiger partial charge in [0.15, 0.2) is 5.76 Å². The molecule has 0 bridgehead atoms. The van der Waals surface area contributed by atoms with Crippen LogP contribution in [0.1, 0.15) is 29.7 Å². The van der Waals surface area contributed by atoms with Crippen molar-refractivity contribution in [2.24, 2.45) is 5.92 Å². The highest BCUT2D eigenvalue weighted by Gasteiger charge is 2.34. The lowest BCUT2D eigenvalue weighted by Crippen LogP contribution is -2.42. The lowest BCUT2D eigenvalue weighted by molar-refractivity contribution is -0.137. The van der Waals surface area contributed by atoms with Crippen molar-refractivity contribution < 1.29 is 30.8 Å². The molecule has 182 valence electrons. The summed E-state index contributed by atoms with van der Waals surface area (Å²) < 4.78 is 70.7. The molecule has 1 aliphatic heterocycles. The fourth-order valence-corrected chi connectivity index (χ4v) is 5.15. The van der Waals surface area contributed by atoms with E-state index < -0.39 is 21.8 Å². The molecular formula is C22H23F3N4O4S. The predicted octanol–water partition coefficient (Wildman–Crippen LogP) is 3.71. The third-order valence-corrected chi connectivity index (χ3v) is 7.48. The summed E-state index contributed by atoms with van der Waals surface area (Å²) in [5.74, 6) is -0.313. The van der Waals surface area contributed by atoms with E-state index in [4.69, 9.17) is 4.42 Å². The molecule has 0 saturated carbocycles. The van der Waals surface area contributed by atoms with E-state index in [9.17, 15) is 26.4 Å². The molecular weight excluding hydrogens is 473 g/mol. The standard InChI is InChI=1S/C22H23F3N4O4S/c1-14-12-18(28-27-14)19-6-7-20(33-19)34(31,32)29-10-8-16(9-11-29)21(30)26-13-15-2-4-17(5-3-15)22(23,24)25/h2-7,12,16H,8-11,13H2,1H3,(H,26,30)(H,27,28). The average molecular weight is 497 g/mol. The number of benzene rings is 1. The van der Waals surface area contributed by atoms with Crippen molar-refractivity contribution in [3.63, 3.8) is 0 Å². The molecule has 1 aromatic carbocycles. The normalized spacial score (nSPS) is 16.0. The first kappa shape index (κ1) is 24.0. The first-order chi connectivity index (χ1) is 16.0. The maximum atomic E-state index is 12.9. The van der Waals surface area contributed by atoms with Crippen LogP contribution >= 0.6 is 0 Å². The van der Waals surface area contributed by atoms with E-state index in [2.05, 4.69) is 15.5 Å². The van der Waals surface area contributed by atoms with Gasteiger partial charge in [0.1, 0.15) is 5.69 Å². The number of alkyl halides is 3. The number of aryl methyl sites for hydroxylation is 1. The van der Waals surface area contributed by atoms with Crippen molar-refractivity contribution in [1.29, 1.82) is 0 Å². The van der Waals surface area contributed by atoms with Crippen LogP contribution in [0, 0.1) is 12.8 Å². The molecule has 0 atom stereocenters. The van der Waals surface area contributed by atoms with Crippen LogP contribution in [0.3, 0.4) is 0 Å². The van der Waals surface area contributed by atoms with Crippen molar-refractivity contribution >= 4 is 15.9 Å². The molecule has 1 saturated heterocycles. The number of furan rings is 1. The van der Waals surface area contributed by atoms with E-state index >= 15 is 0 Å². The molecule has 0 spiro atoms. The predicted molar refractivity (Wildman–Crippen MR) is 116 cm³/mol. The summed E-state index contributed by atoms with van der Waals surface area (Å²) in [4.78, 5) is 12.5. The number of aromatic amines is 1. The van der Waals surface area contributed by atoms with E-state index in [0.717, 1.165) is 17.8 Å². The molecule has 3 heterocycles. The van der Waals surface area contributed by atoms with Crippen LogP contribution in [0.2, 0.25) is 0 Å². The number of H-pyrrole nitrogens is 1. The van der Waals surface area contributed by atoms with Gasteiger partial charge in [-0.2, -0.15) is 22.6 Å². The van der Waals surface area contributed by atoms with Crippen molar-refractivity contribution in [3.05, 3.63) is 59.3 Å². The number of nitrogens with zero attached hydrogens (tertiary/aromatic N) is 2. The number of aromatic nitrogens is 2. The Hall–Kier alpha value is -3.12. The Morgan fingerprint density at radius 1 is 1.18 bits per heavy atom. The fourth-order valence-electron chi connectivity index (χ4n) is 3.77. The molecule has 1 fully saturated rings. The Morgan fingerprint density at radius 3 is 2.44 bits per heavy atom. The van der Waals surface area contributed by atoms with E-state index in [1.165, 1.54) is 22.5 Å². The van der Waals surface area contributed by atoms with E-state index in [1.54, 1.807) is 12.1 Å². The molecule has 1 amide bonds. The zero-order valence-electron chi connectivity index (χ0n) is 18.2. The SMILES string of the molecule is Cc1cc(-c2ccc(S(=O)(=O)N3CCC(C(=O)NCc4ccc(C(F)(F)F)cc4)CC3)o2)n[nH]1. The van der Waals surface area contributed by atoms with Gasteiger partial charge in [0.2, 0.25) is 11.0 Å². The van der Waals surface area contributed by atoms with Gasteiger partial charge in [0.05, 0.1) is 5.56 Å². The number of amides is 1. The Labute approximate surface area is 194 Å². The molecule has 2 N–H and O–H groups in total. The minimum atomic E-state index is -4.41. The minimum absolute atomic E-state index is 0.0946. The van der Waals surface area contributed by atoms with Gasteiger partial charge < -0.3 is 9.73 Å². The molecule has 4 rings (SSSR count). The Bertz CT molecular complexity index is 1260. The van der Waals surface area contributed by atoms with Gasteiger partial charge >= 0.3 is 6.18 Å². The van der Waals surface area contributed by atoms with Crippen molar-refractivity contribution in [1.82, 2.24) is 19.8 Å². The molecule has 8 nitrogen and oxygen atoms in total. The fraction of sp³-hybridized carbons (Fsp3) is 0.364. The quantitative estimate of drug-likeness (QED) is 0.541. The molecule has 2 aromatic heterocycles. The summed E-state index contributed by atoms with van der Waals surface area (Å²) in [5.41, 5.74) is 1.11. The van der Waals surface area contributed by atoms with Gasteiger partial charge in [-0.25, -0.2) is 8.42 Å². The topological polar surface area (TPSA) is 108 Å². The van der Waals surface area contributed by atoms with Crippen molar-refractivity contribution in [2.75, 3.05) is 13.1 Å². The van der Waals surface area contributed by atoms with Crippen LogP contribution in [0.15, 0.2) is 52.0 Å². The molecule has 34 heavy (non-hydrogen) atoms. The highest BCUT2D eigenvalue weighted by atomic mass is 32.2. The third-order valence-electron chi connectivity index (χ3n) is 5.71. The van der Waals surface area contributed by atoms with Gasteiger partial charge in [-0.1, -0.05) is 12.1 Å². The van der Waals surface area contributed by atoms with Gasteiger partial charge in [0.25, 0.3) is 10.0 Å². The number of carbonyl (C=O) groups is 1. The average Bonchev–Trinajstić information content (AvgIpc) is 3.47. The number of carbonyl (C=O) groups excluding carboxylic acids is 1. The van der Waals surface area contributed by atoms with Crippen molar-refractivity contribution in [2.45, 2.75) is 37.6 Å². The largest absolute Gasteiger partial charge is 0.442 e. The Balaban J connectivity index is 1.31. The highest BCUT2D eigenvalue weighted by Crippen LogP contribution is 2.30. The summed E-state index contributed by atoms with van der Waals surface area (Å²) in [6, 6.07) is 9.25. The number of rotatable bonds is 6. The van der Waals surface area contributed by atoms with Gasteiger partial charge in [0, 0.05) is 31.2 Å². The van der Waals surface area contributed by atoms with Crippen LogP contribution in [0.25, 0.3) is 11.5 Å². The maximum Gasteiger partial charge on any atom is 0.416 e. The van der Waals surface area contributed by atoms with E-state index in [-0.39, 0.29) is 36.6 Å². The molecule has 12 heteroatoms. The number of piperidine rings is 1. The molecule has 3 aromatic rings. The van der Waals surface area contributed by atoms with Crippen LogP contribution in [0.5, 0.6) is 0 Å². The number of sulfonamides is 1. The van der Waals surface area contributed by atoms with Crippen LogP contribution in [0.4, 0.5) is 13.2 Å². The summed E-state index contributed by atoms with van der Waals surface area (Å²) in [6.45, 7) is 2.22. The van der Waals surface area contributed by atoms with E-state index in [0.29, 0.717) is 29.9 Å². The lowest BCUT2D eigenvalue weighted by Gasteiger charge is -2.29. The number of halogens is 3. The zero-order valence-corrected chi connectivity index (χ0v) is 19.0. The van der Waals surface area contributed by atoms with E-state index in [1.807, 2.05) is 6.92 Å². The lowest BCUT2D eigenvalue weighted by atomic mass is 9.97. The smallest absolute Gasteiger partial charge is 0.416 e. The van der Waals surface area contributed by atoms with Gasteiger partial charge in [-0.3, -0.25) is 9.89 Å². The summed E-state index contributed by atoms with van der Waals surface area (Å²) >= 11 is 0.